The van der Waals surface area contributed by atoms with Crippen molar-refractivity contribution in [2.45, 2.75) is 38.6 Å². The minimum absolute atomic E-state index is 0.138. The zero-order valence-electron chi connectivity index (χ0n) is 11.9. The molecule has 0 heterocycles. The van der Waals surface area contributed by atoms with E-state index < -0.39 is 6.03 Å². The number of halogens is 1. The van der Waals surface area contributed by atoms with Crippen LogP contribution in [0.1, 0.15) is 32.3 Å². The lowest BCUT2D eigenvalue weighted by molar-refractivity contribution is -0.119. The minimum Gasteiger partial charge on any atom is -0.333 e. The fourth-order valence-corrected chi connectivity index (χ4v) is 1.95. The average Bonchev–Trinajstić information content (AvgIpc) is 2.37. The van der Waals surface area contributed by atoms with E-state index in [4.69, 9.17) is 11.6 Å². The minimum atomic E-state index is -0.474. The molecule has 0 fully saturated rings. The number of rotatable bonds is 6. The van der Waals surface area contributed by atoms with Gasteiger partial charge in [-0.15, -0.1) is 11.6 Å². The predicted molar refractivity (Wildman–Crippen MR) is 80.9 cm³/mol. The Kier molecular flexibility index (Phi) is 6.52. The third kappa shape index (κ3) is 6.57. The highest BCUT2D eigenvalue weighted by atomic mass is 35.5. The van der Waals surface area contributed by atoms with Crippen LogP contribution in [-0.4, -0.2) is 23.4 Å². The second kappa shape index (κ2) is 7.90. The van der Waals surface area contributed by atoms with Gasteiger partial charge in [-0.05, 0) is 32.3 Å². The monoisotopic (exact) mass is 296 g/mol. The van der Waals surface area contributed by atoms with Gasteiger partial charge in [-0.3, -0.25) is 10.1 Å². The molecule has 3 amide bonds. The Morgan fingerprint density at radius 1 is 1.20 bits per heavy atom. The van der Waals surface area contributed by atoms with Gasteiger partial charge in [-0.25, -0.2) is 4.79 Å². The molecule has 1 rings (SSSR count). The van der Waals surface area contributed by atoms with Gasteiger partial charge in [0.15, 0.2) is 0 Å². The Balaban J connectivity index is 2.40. The maximum Gasteiger partial charge on any atom is 0.321 e. The van der Waals surface area contributed by atoms with E-state index in [1.807, 2.05) is 32.0 Å². The van der Waals surface area contributed by atoms with Gasteiger partial charge >= 0.3 is 6.03 Å². The van der Waals surface area contributed by atoms with Gasteiger partial charge in [0.1, 0.15) is 0 Å². The molecule has 0 aliphatic rings. The Bertz CT molecular complexity index is 446. The van der Waals surface area contributed by atoms with E-state index in [2.05, 4.69) is 22.8 Å². The average molecular weight is 297 g/mol. The molecule has 0 saturated heterocycles. The summed E-state index contributed by atoms with van der Waals surface area (Å²) < 4.78 is 0. The van der Waals surface area contributed by atoms with Crippen LogP contribution in [0.4, 0.5) is 4.79 Å². The number of carbonyl (C=O) groups excluding carboxylic acids is 2. The summed E-state index contributed by atoms with van der Waals surface area (Å²) in [4.78, 5) is 22.9. The Morgan fingerprint density at radius 2 is 1.85 bits per heavy atom. The molecule has 0 aliphatic carbocycles. The molecule has 0 spiro atoms. The fourth-order valence-electron chi connectivity index (χ4n) is 1.78. The van der Waals surface area contributed by atoms with Crippen molar-refractivity contribution in [2.75, 3.05) is 5.88 Å². The van der Waals surface area contributed by atoms with E-state index in [-0.39, 0.29) is 23.7 Å². The van der Waals surface area contributed by atoms with Crippen LogP contribution < -0.4 is 10.6 Å². The largest absolute Gasteiger partial charge is 0.333 e. The van der Waals surface area contributed by atoms with E-state index in [9.17, 15) is 9.59 Å². The summed E-state index contributed by atoms with van der Waals surface area (Å²) in [5.41, 5.74) is 0.835. The van der Waals surface area contributed by atoms with Crippen LogP contribution in [0, 0.1) is 0 Å². The standard InChI is InChI=1S/C15H21ClN2O2/c1-15(2,10-8-12-6-4-3-5-7-12)18-14(20)17-13(19)9-11-16/h3-7H,8-11H2,1-2H3,(H2,17,18,19,20). The van der Waals surface area contributed by atoms with Crippen molar-refractivity contribution < 1.29 is 9.59 Å². The van der Waals surface area contributed by atoms with Crippen LogP contribution in [0.3, 0.4) is 0 Å². The van der Waals surface area contributed by atoms with Crippen molar-refractivity contribution in [3.63, 3.8) is 0 Å². The van der Waals surface area contributed by atoms with Gasteiger partial charge < -0.3 is 5.32 Å². The first-order chi connectivity index (χ1) is 9.43. The van der Waals surface area contributed by atoms with E-state index in [0.29, 0.717) is 0 Å². The quantitative estimate of drug-likeness (QED) is 0.793. The van der Waals surface area contributed by atoms with Gasteiger partial charge in [-0.1, -0.05) is 30.3 Å². The Labute approximate surface area is 124 Å². The number of amides is 3. The summed E-state index contributed by atoms with van der Waals surface area (Å²) in [6.45, 7) is 3.86. The maximum atomic E-state index is 11.7. The number of imide groups is 1. The van der Waals surface area contributed by atoms with Crippen LogP contribution in [0.25, 0.3) is 0 Å². The van der Waals surface area contributed by atoms with Crippen molar-refractivity contribution >= 4 is 23.5 Å². The third-order valence-electron chi connectivity index (χ3n) is 2.91. The molecule has 2 N–H and O–H groups in total. The first-order valence-electron chi connectivity index (χ1n) is 6.65. The molecule has 0 aliphatic heterocycles. The van der Waals surface area contributed by atoms with Gasteiger partial charge in [0.05, 0.1) is 0 Å². The van der Waals surface area contributed by atoms with Crippen molar-refractivity contribution in [2.24, 2.45) is 0 Å². The SMILES string of the molecule is CC(C)(CCc1ccccc1)NC(=O)NC(=O)CCCl. The highest BCUT2D eigenvalue weighted by Gasteiger charge is 2.21. The summed E-state index contributed by atoms with van der Waals surface area (Å²) in [6.07, 6.45) is 1.79. The van der Waals surface area contributed by atoms with Gasteiger partial charge in [0, 0.05) is 17.8 Å². The first kappa shape index (κ1) is 16.5. The first-order valence-corrected chi connectivity index (χ1v) is 7.18. The highest BCUT2D eigenvalue weighted by molar-refractivity contribution is 6.19. The molecule has 20 heavy (non-hydrogen) atoms. The normalized spacial score (nSPS) is 10.9. The van der Waals surface area contributed by atoms with Crippen LogP contribution in [0.15, 0.2) is 30.3 Å². The molecule has 0 unspecified atom stereocenters. The zero-order chi connectivity index (χ0) is 15.0. The third-order valence-corrected chi connectivity index (χ3v) is 3.10. The fraction of sp³-hybridized carbons (Fsp3) is 0.467. The van der Waals surface area contributed by atoms with Gasteiger partial charge in [0.25, 0.3) is 0 Å². The number of urea groups is 1. The number of hydrogen-bond acceptors (Lipinski definition) is 2. The van der Waals surface area contributed by atoms with E-state index >= 15 is 0 Å². The molecule has 4 nitrogen and oxygen atoms in total. The predicted octanol–water partition coefficient (Wildman–Crippen LogP) is 2.85. The summed E-state index contributed by atoms with van der Waals surface area (Å²) in [6, 6.07) is 9.60. The van der Waals surface area contributed by atoms with Gasteiger partial charge in [0.2, 0.25) is 5.91 Å². The highest BCUT2D eigenvalue weighted by Crippen LogP contribution is 2.13. The van der Waals surface area contributed by atoms with Crippen LogP contribution in [-0.2, 0) is 11.2 Å². The summed E-state index contributed by atoms with van der Waals surface area (Å²) >= 11 is 5.44. The molecular formula is C15H21ClN2O2. The second-order valence-electron chi connectivity index (χ2n) is 5.31. The van der Waals surface area contributed by atoms with E-state index in [0.717, 1.165) is 12.8 Å². The van der Waals surface area contributed by atoms with Crippen molar-refractivity contribution in [1.82, 2.24) is 10.6 Å². The van der Waals surface area contributed by atoms with Crippen LogP contribution >= 0.6 is 11.6 Å². The second-order valence-corrected chi connectivity index (χ2v) is 5.69. The molecular weight excluding hydrogens is 276 g/mol. The van der Waals surface area contributed by atoms with Crippen LogP contribution in [0.5, 0.6) is 0 Å². The number of aryl methyl sites for hydroxylation is 1. The molecule has 5 heteroatoms. The number of carbonyl (C=O) groups is 2. The topological polar surface area (TPSA) is 58.2 Å². The van der Waals surface area contributed by atoms with Crippen molar-refractivity contribution in [3.05, 3.63) is 35.9 Å². The van der Waals surface area contributed by atoms with Crippen molar-refractivity contribution in [1.29, 1.82) is 0 Å². The summed E-state index contributed by atoms with van der Waals surface area (Å²) in [7, 11) is 0. The molecule has 0 radical (unpaired) electrons. The lowest BCUT2D eigenvalue weighted by Gasteiger charge is -2.26. The molecule has 110 valence electrons. The van der Waals surface area contributed by atoms with Gasteiger partial charge in [-0.2, -0.15) is 0 Å². The molecule has 1 aromatic carbocycles. The number of hydrogen-bond donors (Lipinski definition) is 2. The van der Waals surface area contributed by atoms with E-state index in [1.165, 1.54) is 5.56 Å². The molecule has 0 atom stereocenters. The van der Waals surface area contributed by atoms with Crippen molar-refractivity contribution in [3.8, 4) is 0 Å². The lowest BCUT2D eigenvalue weighted by Crippen LogP contribution is -2.50. The maximum absolute atomic E-state index is 11.7. The number of nitrogens with one attached hydrogen (secondary N) is 2. The molecule has 0 saturated carbocycles. The zero-order valence-corrected chi connectivity index (χ0v) is 12.7. The summed E-state index contributed by atoms with van der Waals surface area (Å²) in [5, 5.41) is 5.06. The molecule has 0 aromatic heterocycles. The number of benzene rings is 1. The lowest BCUT2D eigenvalue weighted by atomic mass is 9.95. The summed E-state index contributed by atoms with van der Waals surface area (Å²) in [5.74, 6) is -0.160. The van der Waals surface area contributed by atoms with Crippen LogP contribution in [0.2, 0.25) is 0 Å². The van der Waals surface area contributed by atoms with E-state index in [1.54, 1.807) is 0 Å². The number of alkyl halides is 1. The molecule has 0 bridgehead atoms. The Morgan fingerprint density at radius 3 is 2.45 bits per heavy atom. The smallest absolute Gasteiger partial charge is 0.321 e. The Hall–Kier alpha value is -1.55. The molecule has 1 aromatic rings.